The molecular weight excluding hydrogens is 495 g/mol. The molecule has 6 nitrogen and oxygen atoms in total. The van der Waals surface area contributed by atoms with E-state index in [0.29, 0.717) is 42.5 Å². The average molecular weight is 530 g/mol. The molecule has 4 rings (SSSR count). The topological polar surface area (TPSA) is 73.2 Å². The second kappa shape index (κ2) is 10.4. The van der Waals surface area contributed by atoms with Gasteiger partial charge in [0.1, 0.15) is 0 Å². The number of hydrogen-bond acceptors (Lipinski definition) is 4. The van der Waals surface area contributed by atoms with Gasteiger partial charge in [-0.2, -0.15) is 18.3 Å². The molecule has 1 saturated carbocycles. The monoisotopic (exact) mass is 529 g/mol. The summed E-state index contributed by atoms with van der Waals surface area (Å²) in [6.07, 6.45) is -3.06. The second-order valence-corrected chi connectivity index (χ2v) is 10.6. The van der Waals surface area contributed by atoms with E-state index in [9.17, 15) is 22.8 Å². The molecule has 3 unspecified atom stereocenters. The SMILES string of the molecule is CCn1nc(C(=O)NC2CC(CC(=O)OC)(C(C)C)C2C)c2c(Cc3ccc(C(F)(F)F)cc3)cccc21. The third-order valence-electron chi connectivity index (χ3n) is 8.33. The van der Waals surface area contributed by atoms with Gasteiger partial charge >= 0.3 is 12.1 Å². The van der Waals surface area contributed by atoms with E-state index in [-0.39, 0.29) is 35.2 Å². The molecule has 3 atom stereocenters. The van der Waals surface area contributed by atoms with Gasteiger partial charge in [-0.1, -0.05) is 45.0 Å². The van der Waals surface area contributed by atoms with Crippen LogP contribution in [0.3, 0.4) is 0 Å². The molecule has 1 fully saturated rings. The minimum absolute atomic E-state index is 0.0664. The van der Waals surface area contributed by atoms with Crippen LogP contribution >= 0.6 is 0 Å². The lowest BCUT2D eigenvalue weighted by Crippen LogP contribution is -2.60. The maximum atomic E-state index is 13.6. The maximum Gasteiger partial charge on any atom is 0.416 e. The van der Waals surface area contributed by atoms with E-state index >= 15 is 0 Å². The lowest BCUT2D eigenvalue weighted by molar-refractivity contribution is -0.151. The number of methoxy groups -OCH3 is 1. The fourth-order valence-corrected chi connectivity index (χ4v) is 5.84. The zero-order valence-electron chi connectivity index (χ0n) is 22.4. The van der Waals surface area contributed by atoms with Crippen LogP contribution < -0.4 is 5.32 Å². The molecule has 1 aliphatic carbocycles. The van der Waals surface area contributed by atoms with Gasteiger partial charge in [-0.15, -0.1) is 0 Å². The van der Waals surface area contributed by atoms with Gasteiger partial charge in [-0.3, -0.25) is 14.3 Å². The molecular formula is C29H34F3N3O3. The van der Waals surface area contributed by atoms with Crippen LogP contribution in [0.15, 0.2) is 42.5 Å². The molecule has 0 spiro atoms. The lowest BCUT2D eigenvalue weighted by atomic mass is 9.51. The summed E-state index contributed by atoms with van der Waals surface area (Å²) in [4.78, 5) is 25.6. The summed E-state index contributed by atoms with van der Waals surface area (Å²) in [7, 11) is 1.39. The van der Waals surface area contributed by atoms with Crippen LogP contribution in [0, 0.1) is 17.3 Å². The summed E-state index contributed by atoms with van der Waals surface area (Å²) in [5, 5.41) is 8.44. The third-order valence-corrected chi connectivity index (χ3v) is 8.33. The Hall–Kier alpha value is -3.36. The Labute approximate surface area is 220 Å². The molecule has 38 heavy (non-hydrogen) atoms. The van der Waals surface area contributed by atoms with Crippen molar-refractivity contribution >= 4 is 22.8 Å². The minimum Gasteiger partial charge on any atom is -0.469 e. The summed E-state index contributed by atoms with van der Waals surface area (Å²) in [6, 6.07) is 10.6. The van der Waals surface area contributed by atoms with Gasteiger partial charge in [-0.05, 0) is 66.3 Å². The predicted octanol–water partition coefficient (Wildman–Crippen LogP) is 6.01. The summed E-state index contributed by atoms with van der Waals surface area (Å²) in [5.74, 6) is -0.248. The number of nitrogens with zero attached hydrogens (tertiary/aromatic N) is 2. The highest BCUT2D eigenvalue weighted by Gasteiger charge is 2.54. The number of carbonyl (C=O) groups is 2. The van der Waals surface area contributed by atoms with Crippen LogP contribution in [0.2, 0.25) is 0 Å². The van der Waals surface area contributed by atoms with Crippen LogP contribution in [0.4, 0.5) is 13.2 Å². The van der Waals surface area contributed by atoms with E-state index in [0.717, 1.165) is 23.2 Å². The summed E-state index contributed by atoms with van der Waals surface area (Å²) in [5.41, 5.74) is 1.67. The molecule has 9 heteroatoms. The first-order valence-electron chi connectivity index (χ1n) is 12.9. The first-order valence-corrected chi connectivity index (χ1v) is 12.9. The van der Waals surface area contributed by atoms with Crippen LogP contribution in [0.5, 0.6) is 0 Å². The number of carbonyl (C=O) groups excluding carboxylic acids is 2. The number of rotatable bonds is 8. The largest absolute Gasteiger partial charge is 0.469 e. The van der Waals surface area contributed by atoms with Gasteiger partial charge in [0.05, 0.1) is 24.6 Å². The minimum atomic E-state index is -4.39. The van der Waals surface area contributed by atoms with Crippen molar-refractivity contribution in [1.29, 1.82) is 0 Å². The van der Waals surface area contributed by atoms with E-state index < -0.39 is 11.7 Å². The van der Waals surface area contributed by atoms with E-state index in [1.54, 1.807) is 4.68 Å². The van der Waals surface area contributed by atoms with Gasteiger partial charge in [0.25, 0.3) is 5.91 Å². The first kappa shape index (κ1) is 27.7. The van der Waals surface area contributed by atoms with Crippen molar-refractivity contribution < 1.29 is 27.5 Å². The van der Waals surface area contributed by atoms with E-state index in [4.69, 9.17) is 4.74 Å². The van der Waals surface area contributed by atoms with E-state index in [2.05, 4.69) is 31.2 Å². The van der Waals surface area contributed by atoms with Crippen LogP contribution in [-0.4, -0.2) is 34.8 Å². The highest BCUT2D eigenvalue weighted by Crippen LogP contribution is 2.54. The molecule has 1 heterocycles. The van der Waals surface area contributed by atoms with Crippen molar-refractivity contribution in [3.63, 3.8) is 0 Å². The number of esters is 1. The summed E-state index contributed by atoms with van der Waals surface area (Å²) < 4.78 is 45.7. The highest BCUT2D eigenvalue weighted by molar-refractivity contribution is 6.06. The van der Waals surface area contributed by atoms with Crippen molar-refractivity contribution in [2.24, 2.45) is 17.3 Å². The maximum absolute atomic E-state index is 13.6. The Morgan fingerprint density at radius 3 is 2.42 bits per heavy atom. The fraction of sp³-hybridized carbons (Fsp3) is 0.483. The molecule has 0 radical (unpaired) electrons. The first-order chi connectivity index (χ1) is 17.9. The second-order valence-electron chi connectivity index (χ2n) is 10.6. The Morgan fingerprint density at radius 2 is 1.87 bits per heavy atom. The summed E-state index contributed by atoms with van der Waals surface area (Å²) >= 11 is 0. The number of nitrogens with one attached hydrogen (secondary N) is 1. The standard InChI is InChI=1S/C29H34F3N3O3/c1-6-35-23-9-7-8-20(14-19-10-12-21(13-11-19)29(30,31)32)25(23)26(34-35)27(37)33-22-15-28(17(2)3,18(22)4)16-24(36)38-5/h7-13,17-18,22H,6,14-16H2,1-5H3,(H,33,37). The van der Waals surface area contributed by atoms with Crippen molar-refractivity contribution in [2.75, 3.05) is 7.11 Å². The third kappa shape index (κ3) is 5.02. The van der Waals surface area contributed by atoms with E-state index in [1.807, 2.05) is 25.1 Å². The van der Waals surface area contributed by atoms with Crippen molar-refractivity contribution in [1.82, 2.24) is 15.1 Å². The molecule has 1 aliphatic rings. The molecule has 1 aromatic heterocycles. The number of hydrogen-bond donors (Lipinski definition) is 1. The molecule has 3 aromatic rings. The molecule has 0 aliphatic heterocycles. The van der Waals surface area contributed by atoms with Crippen molar-refractivity contribution in [2.45, 2.75) is 65.7 Å². The quantitative estimate of drug-likeness (QED) is 0.363. The van der Waals surface area contributed by atoms with Gasteiger partial charge in [-0.25, -0.2) is 0 Å². The summed E-state index contributed by atoms with van der Waals surface area (Å²) in [6.45, 7) is 8.72. The Morgan fingerprint density at radius 1 is 1.18 bits per heavy atom. The van der Waals surface area contributed by atoms with Gasteiger partial charge in [0, 0.05) is 18.0 Å². The Kier molecular flexibility index (Phi) is 7.59. The number of aryl methyl sites for hydroxylation is 1. The molecule has 204 valence electrons. The lowest BCUT2D eigenvalue weighted by Gasteiger charge is -2.56. The van der Waals surface area contributed by atoms with Gasteiger partial charge in [0.15, 0.2) is 5.69 Å². The molecule has 1 N–H and O–H groups in total. The van der Waals surface area contributed by atoms with Gasteiger partial charge < -0.3 is 10.1 Å². The number of amides is 1. The zero-order chi connectivity index (χ0) is 27.8. The number of halogens is 3. The number of aromatic nitrogens is 2. The normalized spacial score (nSPS) is 21.4. The molecule has 2 aromatic carbocycles. The van der Waals surface area contributed by atoms with Crippen LogP contribution in [-0.2, 0) is 28.7 Å². The smallest absolute Gasteiger partial charge is 0.416 e. The molecule has 0 saturated heterocycles. The zero-order valence-corrected chi connectivity index (χ0v) is 22.4. The van der Waals surface area contributed by atoms with Gasteiger partial charge in [0.2, 0.25) is 0 Å². The fourth-order valence-electron chi connectivity index (χ4n) is 5.84. The van der Waals surface area contributed by atoms with Crippen molar-refractivity contribution in [3.05, 3.63) is 64.8 Å². The Bertz CT molecular complexity index is 1330. The highest BCUT2D eigenvalue weighted by atomic mass is 19.4. The van der Waals surface area contributed by atoms with Crippen LogP contribution in [0.25, 0.3) is 10.9 Å². The molecule has 0 bridgehead atoms. The Balaban J connectivity index is 1.61. The molecule has 1 amide bonds. The number of alkyl halides is 3. The number of ether oxygens (including phenoxy) is 1. The van der Waals surface area contributed by atoms with Crippen LogP contribution in [0.1, 0.15) is 67.7 Å². The average Bonchev–Trinajstić information content (AvgIpc) is 3.27. The number of fused-ring (bicyclic) bond motifs is 1. The van der Waals surface area contributed by atoms with E-state index in [1.165, 1.54) is 19.2 Å². The predicted molar refractivity (Wildman–Crippen MR) is 139 cm³/mol. The number of benzene rings is 2. The van der Waals surface area contributed by atoms with Crippen molar-refractivity contribution in [3.8, 4) is 0 Å².